The molecule has 1 atom stereocenters. The highest BCUT2D eigenvalue weighted by atomic mass is 32.2. The molecule has 0 spiro atoms. The maximum absolute atomic E-state index is 12.4. The summed E-state index contributed by atoms with van der Waals surface area (Å²) in [5.74, 6) is -0.187. The van der Waals surface area contributed by atoms with Crippen LogP contribution in [0.5, 0.6) is 0 Å². The summed E-state index contributed by atoms with van der Waals surface area (Å²) in [4.78, 5) is 27.2. The van der Waals surface area contributed by atoms with Crippen LogP contribution in [-0.4, -0.2) is 31.2 Å². The Morgan fingerprint density at radius 2 is 1.92 bits per heavy atom. The molecule has 2 aromatic rings. The number of nitrogens with one attached hydrogen (secondary N) is 2. The summed E-state index contributed by atoms with van der Waals surface area (Å²) < 4.78 is 0. The van der Waals surface area contributed by atoms with Crippen LogP contribution in [0.15, 0.2) is 47.4 Å². The van der Waals surface area contributed by atoms with E-state index in [0.717, 1.165) is 16.1 Å². The van der Waals surface area contributed by atoms with Crippen molar-refractivity contribution < 1.29 is 9.59 Å². The number of carbonyl (C=O) groups is 2. The molecule has 2 amide bonds. The van der Waals surface area contributed by atoms with E-state index in [2.05, 4.69) is 10.6 Å². The van der Waals surface area contributed by atoms with E-state index in [9.17, 15) is 9.59 Å². The van der Waals surface area contributed by atoms with Gasteiger partial charge in [0.25, 0.3) is 5.91 Å². The molecule has 130 valence electrons. The lowest BCUT2D eigenvalue weighted by atomic mass is 10.1. The van der Waals surface area contributed by atoms with Gasteiger partial charge in [-0.05, 0) is 42.8 Å². The molecular weight excluding hydrogens is 334 g/mol. The van der Waals surface area contributed by atoms with Crippen molar-refractivity contribution in [3.05, 3.63) is 53.6 Å². The fourth-order valence-corrected chi connectivity index (χ4v) is 3.48. The van der Waals surface area contributed by atoms with Crippen molar-refractivity contribution in [2.75, 3.05) is 24.3 Å². The van der Waals surface area contributed by atoms with Gasteiger partial charge < -0.3 is 15.5 Å². The lowest BCUT2D eigenvalue weighted by Crippen LogP contribution is -2.27. The molecule has 0 aliphatic carbocycles. The van der Waals surface area contributed by atoms with Gasteiger partial charge in [-0.3, -0.25) is 9.59 Å². The molecule has 1 unspecified atom stereocenters. The van der Waals surface area contributed by atoms with Crippen LogP contribution in [0.2, 0.25) is 0 Å². The van der Waals surface area contributed by atoms with Crippen LogP contribution >= 0.6 is 11.8 Å². The summed E-state index contributed by atoms with van der Waals surface area (Å²) in [7, 11) is 3.98. The van der Waals surface area contributed by atoms with Gasteiger partial charge in [-0.25, -0.2) is 0 Å². The summed E-state index contributed by atoms with van der Waals surface area (Å²) in [5.41, 5.74) is 3.40. The van der Waals surface area contributed by atoms with Crippen LogP contribution in [0.1, 0.15) is 22.8 Å². The molecule has 6 heteroatoms. The van der Waals surface area contributed by atoms with Gasteiger partial charge >= 0.3 is 0 Å². The Labute approximate surface area is 151 Å². The molecule has 2 aromatic carbocycles. The Hall–Kier alpha value is -2.47. The second kappa shape index (κ2) is 7.19. The predicted octanol–water partition coefficient (Wildman–Crippen LogP) is 3.12. The molecule has 1 aliphatic rings. The molecule has 1 heterocycles. The molecule has 2 N–H and O–H groups in total. The van der Waals surface area contributed by atoms with Gasteiger partial charge in [0.2, 0.25) is 5.91 Å². The van der Waals surface area contributed by atoms with Crippen molar-refractivity contribution in [1.82, 2.24) is 5.32 Å². The topological polar surface area (TPSA) is 61.4 Å². The normalized spacial score (nSPS) is 16.0. The standard InChI is InChI=1S/C19H21N3O2S/c1-12-18(23)21-16-10-14(6-9-17(16)25-12)19(24)20-11-13-4-7-15(8-5-13)22(2)3/h4-10,12H,11H2,1-3H3,(H,20,24)(H,21,23). The van der Waals surface area contributed by atoms with Gasteiger partial charge in [-0.15, -0.1) is 11.8 Å². The third-order valence-electron chi connectivity index (χ3n) is 4.08. The Morgan fingerprint density at radius 1 is 1.20 bits per heavy atom. The first-order chi connectivity index (χ1) is 11.9. The Bertz CT molecular complexity index is 803. The first-order valence-corrected chi connectivity index (χ1v) is 8.98. The molecular formula is C19H21N3O2S. The van der Waals surface area contributed by atoms with Crippen LogP contribution in [-0.2, 0) is 11.3 Å². The Balaban J connectivity index is 1.65. The number of rotatable bonds is 4. The number of carbonyl (C=O) groups excluding carboxylic acids is 2. The Kier molecular flexibility index (Phi) is 4.99. The number of fused-ring (bicyclic) bond motifs is 1. The zero-order valence-corrected chi connectivity index (χ0v) is 15.3. The first kappa shape index (κ1) is 17.4. The van der Waals surface area contributed by atoms with Gasteiger partial charge in [0.1, 0.15) is 0 Å². The van der Waals surface area contributed by atoms with E-state index in [1.54, 1.807) is 12.1 Å². The van der Waals surface area contributed by atoms with Crippen LogP contribution in [0.25, 0.3) is 0 Å². The average Bonchev–Trinajstić information content (AvgIpc) is 2.60. The van der Waals surface area contributed by atoms with E-state index in [4.69, 9.17) is 0 Å². The lowest BCUT2D eigenvalue weighted by molar-refractivity contribution is -0.115. The number of nitrogens with zero attached hydrogens (tertiary/aromatic N) is 1. The van der Waals surface area contributed by atoms with Gasteiger partial charge in [0, 0.05) is 36.8 Å². The van der Waals surface area contributed by atoms with E-state index >= 15 is 0 Å². The first-order valence-electron chi connectivity index (χ1n) is 8.10. The lowest BCUT2D eigenvalue weighted by Gasteiger charge is -2.21. The molecule has 0 radical (unpaired) electrons. The van der Waals surface area contributed by atoms with Crippen molar-refractivity contribution in [2.24, 2.45) is 0 Å². The van der Waals surface area contributed by atoms with Crippen LogP contribution in [0.3, 0.4) is 0 Å². The number of hydrogen-bond acceptors (Lipinski definition) is 4. The second-order valence-electron chi connectivity index (χ2n) is 6.20. The molecule has 0 aromatic heterocycles. The molecule has 0 saturated heterocycles. The Morgan fingerprint density at radius 3 is 2.60 bits per heavy atom. The second-order valence-corrected chi connectivity index (χ2v) is 7.59. The van der Waals surface area contributed by atoms with Crippen LogP contribution in [0, 0.1) is 0 Å². The van der Waals surface area contributed by atoms with Crippen molar-refractivity contribution in [1.29, 1.82) is 0 Å². The van der Waals surface area contributed by atoms with Crippen molar-refractivity contribution in [3.63, 3.8) is 0 Å². The number of amides is 2. The number of anilines is 2. The fraction of sp³-hybridized carbons (Fsp3) is 0.263. The van der Waals surface area contributed by atoms with E-state index < -0.39 is 0 Å². The summed E-state index contributed by atoms with van der Waals surface area (Å²) in [6.45, 7) is 2.33. The summed E-state index contributed by atoms with van der Waals surface area (Å²) in [6.07, 6.45) is 0. The van der Waals surface area contributed by atoms with Gasteiger partial charge in [-0.2, -0.15) is 0 Å². The quantitative estimate of drug-likeness (QED) is 0.885. The van der Waals surface area contributed by atoms with Crippen molar-refractivity contribution >= 4 is 35.0 Å². The summed E-state index contributed by atoms with van der Waals surface area (Å²) in [6, 6.07) is 13.5. The largest absolute Gasteiger partial charge is 0.378 e. The molecule has 0 bridgehead atoms. The van der Waals surface area contributed by atoms with Crippen LogP contribution < -0.4 is 15.5 Å². The SMILES string of the molecule is CC1Sc2ccc(C(=O)NCc3ccc(N(C)C)cc3)cc2NC1=O. The molecule has 0 fully saturated rings. The van der Waals surface area contributed by atoms with E-state index in [1.807, 2.05) is 56.3 Å². The highest BCUT2D eigenvalue weighted by molar-refractivity contribution is 8.00. The minimum atomic E-state index is -0.155. The molecule has 5 nitrogen and oxygen atoms in total. The highest BCUT2D eigenvalue weighted by Crippen LogP contribution is 2.35. The van der Waals surface area contributed by atoms with E-state index in [1.165, 1.54) is 11.8 Å². The van der Waals surface area contributed by atoms with Gasteiger partial charge in [0.05, 0.1) is 10.9 Å². The number of hydrogen-bond donors (Lipinski definition) is 2. The minimum Gasteiger partial charge on any atom is -0.378 e. The van der Waals surface area contributed by atoms with E-state index in [-0.39, 0.29) is 17.1 Å². The zero-order valence-electron chi connectivity index (χ0n) is 14.5. The highest BCUT2D eigenvalue weighted by Gasteiger charge is 2.23. The van der Waals surface area contributed by atoms with Gasteiger partial charge in [-0.1, -0.05) is 12.1 Å². The predicted molar refractivity (Wildman–Crippen MR) is 102 cm³/mol. The van der Waals surface area contributed by atoms with Crippen LogP contribution in [0.4, 0.5) is 11.4 Å². The fourth-order valence-electron chi connectivity index (χ4n) is 2.55. The summed E-state index contributed by atoms with van der Waals surface area (Å²) >= 11 is 1.51. The molecule has 1 aliphatic heterocycles. The average molecular weight is 355 g/mol. The third kappa shape index (κ3) is 3.96. The minimum absolute atomic E-state index is 0.0314. The van der Waals surface area contributed by atoms with Crippen molar-refractivity contribution in [2.45, 2.75) is 23.6 Å². The zero-order chi connectivity index (χ0) is 18.0. The third-order valence-corrected chi connectivity index (χ3v) is 5.26. The van der Waals surface area contributed by atoms with Crippen molar-refractivity contribution in [3.8, 4) is 0 Å². The van der Waals surface area contributed by atoms with E-state index in [0.29, 0.717) is 17.8 Å². The van der Waals surface area contributed by atoms with Gasteiger partial charge in [0.15, 0.2) is 0 Å². The smallest absolute Gasteiger partial charge is 0.251 e. The molecule has 0 saturated carbocycles. The number of benzene rings is 2. The maximum Gasteiger partial charge on any atom is 0.251 e. The monoisotopic (exact) mass is 355 g/mol. The molecule has 3 rings (SSSR count). The number of thioether (sulfide) groups is 1. The maximum atomic E-state index is 12.4. The summed E-state index contributed by atoms with van der Waals surface area (Å²) in [5, 5.41) is 5.66. The molecule has 25 heavy (non-hydrogen) atoms.